The van der Waals surface area contributed by atoms with E-state index in [4.69, 9.17) is 0 Å². The first-order valence-electron chi connectivity index (χ1n) is 7.31. The number of aliphatic hydroxyl groups is 1. The molecular weight excluding hydrogens is 324 g/mol. The van der Waals surface area contributed by atoms with Gasteiger partial charge in [0.2, 0.25) is 5.91 Å². The van der Waals surface area contributed by atoms with Gasteiger partial charge in [0.25, 0.3) is 5.76 Å². The van der Waals surface area contributed by atoms with E-state index in [9.17, 15) is 18.7 Å². The number of aliphatic hydroxyl groups excluding tert-OH is 1. The summed E-state index contributed by atoms with van der Waals surface area (Å²) < 4.78 is 26.9. The van der Waals surface area contributed by atoms with Crippen LogP contribution in [0.15, 0.2) is 29.4 Å². The summed E-state index contributed by atoms with van der Waals surface area (Å²) in [5, 5.41) is 12.2. The molecule has 2 aromatic rings. The Hall–Kier alpha value is -1.67. The Morgan fingerprint density at radius 2 is 2.17 bits per heavy atom. The van der Waals surface area contributed by atoms with E-state index in [1.165, 1.54) is 4.57 Å². The summed E-state index contributed by atoms with van der Waals surface area (Å²) in [7, 11) is 0. The van der Waals surface area contributed by atoms with E-state index >= 15 is 0 Å². The number of hydrogen-bond donors (Lipinski definition) is 2. The first-order valence-corrected chi connectivity index (χ1v) is 8.19. The number of carbonyl (C=O) groups excluding carboxylic acids is 1. The summed E-state index contributed by atoms with van der Waals surface area (Å²) in [6.07, 6.45) is 1.79. The molecule has 5 nitrogen and oxygen atoms in total. The van der Waals surface area contributed by atoms with Gasteiger partial charge in [-0.2, -0.15) is 8.78 Å². The van der Waals surface area contributed by atoms with E-state index in [1.54, 1.807) is 24.3 Å². The number of imidazole rings is 1. The monoisotopic (exact) mass is 341 g/mol. The lowest BCUT2D eigenvalue weighted by Gasteiger charge is -2.14. The number of rotatable bonds is 7. The molecule has 1 aliphatic rings. The lowest BCUT2D eigenvalue weighted by atomic mass is 10.1. The Kier molecular flexibility index (Phi) is 4.54. The van der Waals surface area contributed by atoms with E-state index in [1.807, 2.05) is 0 Å². The largest absolute Gasteiger partial charge is 0.396 e. The van der Waals surface area contributed by atoms with Crippen LogP contribution >= 0.6 is 11.8 Å². The van der Waals surface area contributed by atoms with Crippen molar-refractivity contribution in [2.45, 2.75) is 30.3 Å². The number of nitrogens with zero attached hydrogens (tertiary/aromatic N) is 2. The quantitative estimate of drug-likeness (QED) is 0.758. The van der Waals surface area contributed by atoms with Crippen LogP contribution in [-0.4, -0.2) is 39.5 Å². The number of amides is 1. The van der Waals surface area contributed by atoms with Crippen molar-refractivity contribution in [2.75, 3.05) is 13.2 Å². The topological polar surface area (TPSA) is 67.2 Å². The van der Waals surface area contributed by atoms with Gasteiger partial charge in [-0.15, -0.1) is 0 Å². The average Bonchev–Trinajstić information content (AvgIpc) is 3.24. The highest BCUT2D eigenvalue weighted by Crippen LogP contribution is 2.44. The number of hydrogen-bond acceptors (Lipinski definition) is 4. The molecular formula is C15H17F2N3O2S. The van der Waals surface area contributed by atoms with Crippen molar-refractivity contribution < 1.29 is 18.7 Å². The minimum atomic E-state index is -2.60. The molecule has 1 saturated carbocycles. The molecule has 1 aromatic carbocycles. The molecule has 23 heavy (non-hydrogen) atoms. The molecule has 0 spiro atoms. The molecule has 8 heteroatoms. The highest BCUT2D eigenvalue weighted by atomic mass is 32.2. The maximum absolute atomic E-state index is 12.7. The van der Waals surface area contributed by atoms with Crippen molar-refractivity contribution in [3.8, 4) is 0 Å². The van der Waals surface area contributed by atoms with Crippen molar-refractivity contribution >= 4 is 28.7 Å². The average molecular weight is 341 g/mol. The number of alkyl halides is 2. The molecule has 1 amide bonds. The van der Waals surface area contributed by atoms with Gasteiger partial charge in [0.15, 0.2) is 5.16 Å². The molecule has 1 fully saturated rings. The van der Waals surface area contributed by atoms with Gasteiger partial charge in [-0.1, -0.05) is 12.1 Å². The predicted octanol–water partition coefficient (Wildman–Crippen LogP) is 2.24. The fraction of sp³-hybridized carbons (Fsp3) is 0.467. The third-order valence-electron chi connectivity index (χ3n) is 4.07. The maximum Gasteiger partial charge on any atom is 0.291 e. The fourth-order valence-electron chi connectivity index (χ4n) is 2.43. The minimum absolute atomic E-state index is 0.0494. The number of carbonyl (C=O) groups is 1. The number of benzene rings is 1. The number of nitrogens with one attached hydrogen (secondary N) is 1. The van der Waals surface area contributed by atoms with E-state index in [0.29, 0.717) is 29.3 Å². The van der Waals surface area contributed by atoms with E-state index < -0.39 is 5.76 Å². The summed E-state index contributed by atoms with van der Waals surface area (Å²) in [6.45, 7) is 0.386. The van der Waals surface area contributed by atoms with E-state index in [-0.39, 0.29) is 29.6 Å². The zero-order valence-electron chi connectivity index (χ0n) is 12.3. The van der Waals surface area contributed by atoms with Crippen molar-refractivity contribution in [1.82, 2.24) is 14.9 Å². The van der Waals surface area contributed by atoms with Crippen LogP contribution in [0.4, 0.5) is 8.78 Å². The minimum Gasteiger partial charge on any atom is -0.396 e. The second-order valence-corrected chi connectivity index (χ2v) is 6.74. The molecule has 0 radical (unpaired) electrons. The molecule has 0 unspecified atom stereocenters. The van der Waals surface area contributed by atoms with E-state index in [2.05, 4.69) is 10.3 Å². The van der Waals surface area contributed by atoms with Crippen molar-refractivity contribution in [3.63, 3.8) is 0 Å². The van der Waals surface area contributed by atoms with Crippen LogP contribution in [0.25, 0.3) is 11.0 Å². The van der Waals surface area contributed by atoms with Gasteiger partial charge in [0.05, 0.1) is 17.6 Å². The second-order valence-electron chi connectivity index (χ2n) is 5.78. The summed E-state index contributed by atoms with van der Waals surface area (Å²) in [5.74, 6) is -2.87. The van der Waals surface area contributed by atoms with Crippen LogP contribution in [0.2, 0.25) is 0 Å². The van der Waals surface area contributed by atoms with Gasteiger partial charge >= 0.3 is 0 Å². The van der Waals surface area contributed by atoms with Crippen LogP contribution in [0.1, 0.15) is 12.8 Å². The third kappa shape index (κ3) is 3.64. The second kappa shape index (κ2) is 6.45. The highest BCUT2D eigenvalue weighted by molar-refractivity contribution is 7.99. The summed E-state index contributed by atoms with van der Waals surface area (Å²) in [4.78, 5) is 16.3. The van der Waals surface area contributed by atoms with Crippen LogP contribution in [-0.2, 0) is 11.3 Å². The molecule has 1 heterocycles. The molecule has 2 N–H and O–H groups in total. The van der Waals surface area contributed by atoms with Gasteiger partial charge in [0, 0.05) is 12.0 Å². The van der Waals surface area contributed by atoms with Crippen LogP contribution < -0.4 is 5.32 Å². The van der Waals surface area contributed by atoms with Crippen LogP contribution in [0, 0.1) is 5.41 Å². The summed E-state index contributed by atoms with van der Waals surface area (Å²) in [5.41, 5.74) is 1.04. The summed E-state index contributed by atoms with van der Waals surface area (Å²) in [6, 6.07) is 7.03. The predicted molar refractivity (Wildman–Crippen MR) is 83.4 cm³/mol. The van der Waals surface area contributed by atoms with Gasteiger partial charge in [-0.05, 0) is 36.7 Å². The zero-order valence-corrected chi connectivity index (χ0v) is 13.2. The molecule has 3 rings (SSSR count). The SMILES string of the molecule is O=C(Cn1c(SC(F)F)nc2ccccc21)NCC1(CO)CC1. The number of para-hydroxylation sites is 2. The normalized spacial score (nSPS) is 16.0. The number of halogens is 2. The van der Waals surface area contributed by atoms with Gasteiger partial charge in [0.1, 0.15) is 6.54 Å². The Balaban J connectivity index is 1.76. The molecule has 0 bridgehead atoms. The Morgan fingerprint density at radius 3 is 2.83 bits per heavy atom. The highest BCUT2D eigenvalue weighted by Gasteiger charge is 2.42. The Labute approximate surface area is 136 Å². The molecule has 0 saturated heterocycles. The Bertz CT molecular complexity index is 716. The van der Waals surface area contributed by atoms with Gasteiger partial charge < -0.3 is 15.0 Å². The van der Waals surface area contributed by atoms with Crippen LogP contribution in [0.5, 0.6) is 0 Å². The van der Waals surface area contributed by atoms with Crippen molar-refractivity contribution in [3.05, 3.63) is 24.3 Å². The molecule has 0 aliphatic heterocycles. The molecule has 124 valence electrons. The summed E-state index contributed by atoms with van der Waals surface area (Å²) >= 11 is 0.332. The van der Waals surface area contributed by atoms with Crippen molar-refractivity contribution in [2.24, 2.45) is 5.41 Å². The van der Waals surface area contributed by atoms with Gasteiger partial charge in [-0.25, -0.2) is 4.98 Å². The number of thioether (sulfide) groups is 1. The lowest BCUT2D eigenvalue weighted by molar-refractivity contribution is -0.122. The molecule has 1 aliphatic carbocycles. The first kappa shape index (κ1) is 16.2. The third-order valence-corrected chi connectivity index (χ3v) is 4.77. The molecule has 0 atom stereocenters. The standard InChI is InChI=1S/C15H17F2N3O2S/c16-13(17)23-14-19-10-3-1-2-4-11(10)20(14)7-12(22)18-8-15(9-21)5-6-15/h1-4,13,21H,5-9H2,(H,18,22). The fourth-order valence-corrected chi connectivity index (χ4v) is 3.03. The van der Waals surface area contributed by atoms with Crippen molar-refractivity contribution in [1.29, 1.82) is 0 Å². The van der Waals surface area contributed by atoms with Crippen LogP contribution in [0.3, 0.4) is 0 Å². The van der Waals surface area contributed by atoms with E-state index in [0.717, 1.165) is 12.8 Å². The number of aromatic nitrogens is 2. The lowest BCUT2D eigenvalue weighted by Crippen LogP contribution is -2.34. The Morgan fingerprint density at radius 1 is 1.43 bits per heavy atom. The zero-order chi connectivity index (χ0) is 16.4. The smallest absolute Gasteiger partial charge is 0.291 e. The van der Waals surface area contributed by atoms with Gasteiger partial charge in [-0.3, -0.25) is 4.79 Å². The maximum atomic E-state index is 12.7. The first-order chi connectivity index (χ1) is 11.0. The molecule has 1 aromatic heterocycles. The number of fused-ring (bicyclic) bond motifs is 1.